The molecule has 156 valence electrons. The normalized spacial score (nSPS) is 18.4. The van der Waals surface area contributed by atoms with Crippen molar-refractivity contribution in [2.75, 3.05) is 16.9 Å². The lowest BCUT2D eigenvalue weighted by Gasteiger charge is -2.33. The van der Waals surface area contributed by atoms with Crippen LogP contribution < -0.4 is 10.6 Å². The summed E-state index contributed by atoms with van der Waals surface area (Å²) in [6.07, 6.45) is -2.82. The van der Waals surface area contributed by atoms with E-state index in [2.05, 4.69) is 15.7 Å². The number of alkyl halides is 3. The first-order valence-corrected chi connectivity index (χ1v) is 10.5. The van der Waals surface area contributed by atoms with Gasteiger partial charge in [-0.3, -0.25) is 4.79 Å². The number of anilines is 2. The number of carbonyl (C=O) groups excluding carboxylic acids is 1. The van der Waals surface area contributed by atoms with E-state index in [0.29, 0.717) is 5.69 Å². The lowest BCUT2D eigenvalue weighted by atomic mass is 9.97. The first kappa shape index (κ1) is 20.3. The predicted octanol–water partition coefficient (Wildman–Crippen LogP) is 5.52. The van der Waals surface area contributed by atoms with Crippen LogP contribution in [0.25, 0.3) is 0 Å². The van der Waals surface area contributed by atoms with Crippen molar-refractivity contribution in [3.8, 4) is 0 Å². The average Bonchev–Trinajstić information content (AvgIpc) is 3.17. The third kappa shape index (κ3) is 4.02. The van der Waals surface area contributed by atoms with Crippen LogP contribution in [0.4, 0.5) is 24.7 Å². The number of hydrogen-bond donors (Lipinski definition) is 2. The Morgan fingerprint density at radius 1 is 1.17 bits per heavy atom. The van der Waals surface area contributed by atoms with Gasteiger partial charge in [-0.25, -0.2) is 4.68 Å². The third-order valence-electron chi connectivity index (χ3n) is 4.98. The molecular formula is C21H19F3N4OS. The summed E-state index contributed by atoms with van der Waals surface area (Å²) in [6, 6.07) is 15.2. The summed E-state index contributed by atoms with van der Waals surface area (Å²) in [6.45, 7) is 0. The number of thioether (sulfide) groups is 1. The fraction of sp³-hybridized carbons (Fsp3) is 0.238. The maximum Gasteiger partial charge on any atom is 0.410 e. The van der Waals surface area contributed by atoms with Crippen molar-refractivity contribution < 1.29 is 18.0 Å². The van der Waals surface area contributed by atoms with Gasteiger partial charge in [-0.2, -0.15) is 18.3 Å². The van der Waals surface area contributed by atoms with Crippen LogP contribution in [0.15, 0.2) is 65.6 Å². The van der Waals surface area contributed by atoms with Crippen LogP contribution in [0.5, 0.6) is 0 Å². The van der Waals surface area contributed by atoms with E-state index >= 15 is 0 Å². The fourth-order valence-electron chi connectivity index (χ4n) is 3.52. The van der Waals surface area contributed by atoms with E-state index in [9.17, 15) is 18.0 Å². The lowest BCUT2D eigenvalue weighted by molar-refractivity contribution is -0.173. The zero-order valence-electron chi connectivity index (χ0n) is 16.0. The molecule has 0 saturated heterocycles. The molecule has 1 aromatic heterocycles. The van der Waals surface area contributed by atoms with Gasteiger partial charge in [0, 0.05) is 17.4 Å². The smallest absolute Gasteiger partial charge is 0.363 e. The number of carbonyl (C=O) groups is 1. The molecule has 5 nitrogen and oxygen atoms in total. The zero-order valence-corrected chi connectivity index (χ0v) is 16.8. The Balaban J connectivity index is 1.65. The largest absolute Gasteiger partial charge is 0.410 e. The summed E-state index contributed by atoms with van der Waals surface area (Å²) in [7, 11) is 0. The SMILES string of the molecule is CSc1ccccc1NC(=O)c1cc2n(n1)[C@H](C(F)(F)F)C[C@@H](c1ccccc1)N2. The topological polar surface area (TPSA) is 59.0 Å². The number of rotatable bonds is 4. The van der Waals surface area contributed by atoms with E-state index in [1.807, 2.05) is 24.5 Å². The predicted molar refractivity (Wildman–Crippen MR) is 111 cm³/mol. The van der Waals surface area contributed by atoms with Crippen molar-refractivity contribution in [2.24, 2.45) is 0 Å². The summed E-state index contributed by atoms with van der Waals surface area (Å²) in [5.41, 5.74) is 1.26. The minimum atomic E-state index is -4.49. The van der Waals surface area contributed by atoms with E-state index in [0.717, 1.165) is 15.1 Å². The van der Waals surface area contributed by atoms with Gasteiger partial charge in [-0.15, -0.1) is 11.8 Å². The molecule has 1 aliphatic rings. The number of halogens is 3. The van der Waals surface area contributed by atoms with Gasteiger partial charge in [0.05, 0.1) is 11.7 Å². The Hall–Kier alpha value is -2.94. The first-order chi connectivity index (χ1) is 14.4. The Bertz CT molecular complexity index is 1050. The molecule has 0 fully saturated rings. The third-order valence-corrected chi connectivity index (χ3v) is 5.78. The maximum atomic E-state index is 13.8. The van der Waals surface area contributed by atoms with Crippen LogP contribution in [-0.4, -0.2) is 28.1 Å². The number of nitrogens with zero attached hydrogens (tertiary/aromatic N) is 2. The molecule has 1 aliphatic heterocycles. The Morgan fingerprint density at radius 3 is 2.57 bits per heavy atom. The molecule has 4 rings (SSSR count). The molecule has 0 bridgehead atoms. The van der Waals surface area contributed by atoms with Gasteiger partial charge >= 0.3 is 6.18 Å². The molecule has 9 heteroatoms. The number of benzene rings is 2. The van der Waals surface area contributed by atoms with Crippen molar-refractivity contribution in [2.45, 2.75) is 29.6 Å². The van der Waals surface area contributed by atoms with Crippen molar-refractivity contribution in [3.05, 3.63) is 71.9 Å². The highest BCUT2D eigenvalue weighted by Crippen LogP contribution is 2.43. The molecule has 0 unspecified atom stereocenters. The number of amides is 1. The van der Waals surface area contributed by atoms with Crippen LogP contribution in [-0.2, 0) is 0 Å². The van der Waals surface area contributed by atoms with Crippen LogP contribution in [0.2, 0.25) is 0 Å². The molecule has 0 radical (unpaired) electrons. The van der Waals surface area contributed by atoms with E-state index in [4.69, 9.17) is 0 Å². The van der Waals surface area contributed by atoms with Crippen LogP contribution in [0, 0.1) is 0 Å². The summed E-state index contributed by atoms with van der Waals surface area (Å²) in [4.78, 5) is 13.6. The van der Waals surface area contributed by atoms with Gasteiger partial charge in [-0.1, -0.05) is 42.5 Å². The molecule has 2 heterocycles. The van der Waals surface area contributed by atoms with E-state index in [1.165, 1.54) is 17.8 Å². The number of aromatic nitrogens is 2. The Kier molecular flexibility index (Phi) is 5.46. The minimum absolute atomic E-state index is 0.0728. The van der Waals surface area contributed by atoms with Crippen molar-refractivity contribution in [1.29, 1.82) is 0 Å². The van der Waals surface area contributed by atoms with E-state index in [1.54, 1.807) is 36.4 Å². The average molecular weight is 432 g/mol. The summed E-state index contributed by atoms with van der Waals surface area (Å²) < 4.78 is 42.2. The second-order valence-electron chi connectivity index (χ2n) is 6.91. The molecule has 1 amide bonds. The molecular weight excluding hydrogens is 413 g/mol. The van der Waals surface area contributed by atoms with Gasteiger partial charge in [0.2, 0.25) is 0 Å². The van der Waals surface area contributed by atoms with Crippen molar-refractivity contribution in [1.82, 2.24) is 9.78 Å². The molecule has 0 spiro atoms. The highest BCUT2D eigenvalue weighted by atomic mass is 32.2. The highest BCUT2D eigenvalue weighted by molar-refractivity contribution is 7.98. The minimum Gasteiger partial charge on any atom is -0.363 e. The Morgan fingerprint density at radius 2 is 1.87 bits per heavy atom. The second kappa shape index (κ2) is 8.06. The molecule has 30 heavy (non-hydrogen) atoms. The van der Waals surface area contributed by atoms with Crippen molar-refractivity contribution >= 4 is 29.2 Å². The molecule has 0 saturated carbocycles. The number of nitrogens with one attached hydrogen (secondary N) is 2. The van der Waals surface area contributed by atoms with Crippen LogP contribution in [0.1, 0.15) is 34.6 Å². The van der Waals surface area contributed by atoms with Crippen LogP contribution in [0.3, 0.4) is 0 Å². The van der Waals surface area contributed by atoms with Crippen LogP contribution >= 0.6 is 11.8 Å². The molecule has 0 aliphatic carbocycles. The summed E-state index contributed by atoms with van der Waals surface area (Å²) in [5.74, 6) is -0.391. The number of para-hydroxylation sites is 1. The van der Waals surface area contributed by atoms with Gasteiger partial charge in [0.15, 0.2) is 11.7 Å². The number of fused-ring (bicyclic) bond motifs is 1. The van der Waals surface area contributed by atoms with E-state index in [-0.39, 0.29) is 17.9 Å². The van der Waals surface area contributed by atoms with Gasteiger partial charge in [0.25, 0.3) is 5.91 Å². The number of hydrogen-bond acceptors (Lipinski definition) is 4. The zero-order chi connectivity index (χ0) is 21.3. The molecule has 2 N–H and O–H groups in total. The first-order valence-electron chi connectivity index (χ1n) is 9.29. The maximum absolute atomic E-state index is 13.8. The van der Waals surface area contributed by atoms with Crippen molar-refractivity contribution in [3.63, 3.8) is 0 Å². The lowest BCUT2D eigenvalue weighted by Crippen LogP contribution is -2.35. The quantitative estimate of drug-likeness (QED) is 0.533. The second-order valence-corrected chi connectivity index (χ2v) is 7.76. The fourth-order valence-corrected chi connectivity index (χ4v) is 4.08. The highest BCUT2D eigenvalue weighted by Gasteiger charge is 2.46. The van der Waals surface area contributed by atoms with Gasteiger partial charge in [0.1, 0.15) is 5.82 Å². The molecule has 2 atom stereocenters. The molecule has 3 aromatic rings. The van der Waals surface area contributed by atoms with E-state index < -0.39 is 24.2 Å². The van der Waals surface area contributed by atoms with Gasteiger partial charge in [-0.05, 0) is 24.0 Å². The molecule has 2 aromatic carbocycles. The summed E-state index contributed by atoms with van der Waals surface area (Å²) in [5, 5.41) is 9.83. The van der Waals surface area contributed by atoms with Gasteiger partial charge < -0.3 is 10.6 Å². The summed E-state index contributed by atoms with van der Waals surface area (Å²) >= 11 is 1.46. The monoisotopic (exact) mass is 432 g/mol. The standard InChI is InChI=1S/C21H19F3N4OS/c1-30-17-10-6-5-9-14(17)26-20(29)16-12-19-25-15(13-7-3-2-4-8-13)11-18(21(22,23)24)28(19)27-16/h2-10,12,15,18,25H,11H2,1H3,(H,26,29)/t15-,18-/m0/s1. The Labute approximate surface area is 175 Å².